The van der Waals surface area contributed by atoms with Crippen LogP contribution in [0, 0.1) is 13.8 Å². The molecule has 0 aliphatic carbocycles. The minimum Gasteiger partial charge on any atom is -0.382 e. The summed E-state index contributed by atoms with van der Waals surface area (Å²) >= 11 is 0. The smallest absolute Gasteiger partial charge is 0.251 e. The van der Waals surface area contributed by atoms with Crippen molar-refractivity contribution < 1.29 is 14.3 Å². The molecule has 0 bridgehead atoms. The van der Waals surface area contributed by atoms with Gasteiger partial charge in [-0.1, -0.05) is 42.5 Å². The molecule has 0 radical (unpaired) electrons. The van der Waals surface area contributed by atoms with Gasteiger partial charge >= 0.3 is 0 Å². The molecule has 0 atom stereocenters. The molecule has 0 spiro atoms. The maximum atomic E-state index is 12.0. The first-order valence-electron chi connectivity index (χ1n) is 9.56. The molecule has 1 N–H and O–H groups in total. The molecule has 1 amide bonds. The van der Waals surface area contributed by atoms with Crippen molar-refractivity contribution >= 4 is 11.7 Å². The third kappa shape index (κ3) is 5.31. The number of hydrogen-bond acceptors (Lipinski definition) is 4. The second-order valence-corrected chi connectivity index (χ2v) is 7.01. The molecule has 3 rings (SSSR count). The number of methoxy groups -OCH3 is 1. The van der Waals surface area contributed by atoms with E-state index in [4.69, 9.17) is 9.47 Å². The number of anilines is 1. The van der Waals surface area contributed by atoms with Crippen LogP contribution >= 0.6 is 0 Å². The largest absolute Gasteiger partial charge is 0.382 e. The van der Waals surface area contributed by atoms with Crippen molar-refractivity contribution in [1.82, 2.24) is 9.78 Å². The van der Waals surface area contributed by atoms with E-state index in [9.17, 15) is 4.79 Å². The van der Waals surface area contributed by atoms with Gasteiger partial charge in [0.1, 0.15) is 12.4 Å². The van der Waals surface area contributed by atoms with Crippen LogP contribution in [0.1, 0.15) is 11.1 Å². The summed E-state index contributed by atoms with van der Waals surface area (Å²) in [5.41, 5.74) is 6.72. The number of amides is 1. The Kier molecular flexibility index (Phi) is 6.80. The van der Waals surface area contributed by atoms with E-state index in [2.05, 4.69) is 54.6 Å². The average Bonchev–Trinajstić information content (AvgIpc) is 3.08. The van der Waals surface area contributed by atoms with Gasteiger partial charge in [-0.25, -0.2) is 0 Å². The molecule has 6 nitrogen and oxygen atoms in total. The van der Waals surface area contributed by atoms with Crippen LogP contribution in [0.3, 0.4) is 0 Å². The molecule has 29 heavy (non-hydrogen) atoms. The summed E-state index contributed by atoms with van der Waals surface area (Å²) in [5, 5.41) is 7.33. The SMILES string of the molecule is COCCOCC(=O)Nc1cc(-c2ccc(-c3ccc(C)c(C)c3)cc2)nn1C. The molecular weight excluding hydrogens is 366 g/mol. The van der Waals surface area contributed by atoms with E-state index >= 15 is 0 Å². The quantitative estimate of drug-likeness (QED) is 0.588. The third-order valence-corrected chi connectivity index (χ3v) is 4.83. The molecule has 6 heteroatoms. The lowest BCUT2D eigenvalue weighted by Crippen LogP contribution is -2.21. The minimum atomic E-state index is -0.222. The molecule has 3 aromatic rings. The van der Waals surface area contributed by atoms with Gasteiger partial charge in [0, 0.05) is 25.8 Å². The first-order valence-corrected chi connectivity index (χ1v) is 9.56. The average molecular weight is 393 g/mol. The van der Waals surface area contributed by atoms with E-state index in [1.165, 1.54) is 16.7 Å². The molecular formula is C23H27N3O3. The Morgan fingerprint density at radius 2 is 1.66 bits per heavy atom. The summed E-state index contributed by atoms with van der Waals surface area (Å²) in [7, 11) is 3.39. The second kappa shape index (κ2) is 9.49. The minimum absolute atomic E-state index is 0.0193. The Hall–Kier alpha value is -2.96. The first-order chi connectivity index (χ1) is 14.0. The highest BCUT2D eigenvalue weighted by Crippen LogP contribution is 2.27. The van der Waals surface area contributed by atoms with E-state index in [1.807, 2.05) is 18.2 Å². The second-order valence-electron chi connectivity index (χ2n) is 7.01. The highest BCUT2D eigenvalue weighted by molar-refractivity contribution is 5.91. The van der Waals surface area contributed by atoms with Gasteiger partial charge < -0.3 is 14.8 Å². The van der Waals surface area contributed by atoms with Crippen molar-refractivity contribution in [3.63, 3.8) is 0 Å². The zero-order chi connectivity index (χ0) is 20.8. The molecule has 0 fully saturated rings. The van der Waals surface area contributed by atoms with E-state index < -0.39 is 0 Å². The van der Waals surface area contributed by atoms with Gasteiger partial charge in [-0.05, 0) is 36.1 Å². The molecule has 152 valence electrons. The van der Waals surface area contributed by atoms with Gasteiger partial charge in [-0.3, -0.25) is 9.48 Å². The lowest BCUT2D eigenvalue weighted by atomic mass is 9.99. The standard InChI is InChI=1S/C23H27N3O3/c1-16-5-6-20(13-17(16)2)18-7-9-19(10-8-18)21-14-22(26(3)25-21)24-23(27)15-29-12-11-28-4/h5-10,13-14H,11-12,15H2,1-4H3,(H,24,27). The Bertz CT molecular complexity index is 978. The van der Waals surface area contributed by atoms with Gasteiger partial charge in [-0.15, -0.1) is 0 Å². The normalized spacial score (nSPS) is 10.9. The molecule has 0 saturated heterocycles. The molecule has 0 unspecified atom stereocenters. The third-order valence-electron chi connectivity index (χ3n) is 4.83. The summed E-state index contributed by atoms with van der Waals surface area (Å²) in [6, 6.07) is 16.6. The number of aryl methyl sites for hydroxylation is 3. The highest BCUT2D eigenvalue weighted by Gasteiger charge is 2.11. The van der Waals surface area contributed by atoms with Crippen LogP contribution in [0.2, 0.25) is 0 Å². The lowest BCUT2D eigenvalue weighted by Gasteiger charge is -2.06. The van der Waals surface area contributed by atoms with E-state index in [0.717, 1.165) is 16.8 Å². The van der Waals surface area contributed by atoms with Crippen LogP contribution in [0.5, 0.6) is 0 Å². The van der Waals surface area contributed by atoms with Gasteiger partial charge in [-0.2, -0.15) is 5.10 Å². The van der Waals surface area contributed by atoms with Crippen LogP contribution < -0.4 is 5.32 Å². The summed E-state index contributed by atoms with van der Waals surface area (Å²) in [5.74, 6) is 0.402. The van der Waals surface area contributed by atoms with Crippen LogP contribution in [-0.2, 0) is 21.3 Å². The predicted molar refractivity (Wildman–Crippen MR) is 115 cm³/mol. The van der Waals surface area contributed by atoms with Crippen molar-refractivity contribution in [3.05, 3.63) is 59.7 Å². The topological polar surface area (TPSA) is 65.4 Å². The Balaban J connectivity index is 1.69. The molecule has 0 saturated carbocycles. The Morgan fingerprint density at radius 3 is 2.34 bits per heavy atom. The number of hydrogen-bond donors (Lipinski definition) is 1. The van der Waals surface area contributed by atoms with Crippen LogP contribution in [0.15, 0.2) is 48.5 Å². The molecule has 2 aromatic carbocycles. The molecule has 0 aliphatic heterocycles. The lowest BCUT2D eigenvalue weighted by molar-refractivity contribution is -0.121. The van der Waals surface area contributed by atoms with Crippen LogP contribution in [0.25, 0.3) is 22.4 Å². The summed E-state index contributed by atoms with van der Waals surface area (Å²) in [4.78, 5) is 12.0. The number of carbonyl (C=O) groups excluding carboxylic acids is 1. The fourth-order valence-corrected chi connectivity index (χ4v) is 2.97. The van der Waals surface area contributed by atoms with Gasteiger partial charge in [0.15, 0.2) is 0 Å². The van der Waals surface area contributed by atoms with E-state index in [-0.39, 0.29) is 12.5 Å². The zero-order valence-electron chi connectivity index (χ0n) is 17.4. The number of aromatic nitrogens is 2. The molecule has 0 aliphatic rings. The van der Waals surface area contributed by atoms with Gasteiger partial charge in [0.25, 0.3) is 5.91 Å². The maximum absolute atomic E-state index is 12.0. The van der Waals surface area contributed by atoms with Crippen LogP contribution in [-0.4, -0.2) is 42.6 Å². The highest BCUT2D eigenvalue weighted by atomic mass is 16.5. The van der Waals surface area contributed by atoms with Crippen molar-refractivity contribution in [2.75, 3.05) is 32.2 Å². The van der Waals surface area contributed by atoms with Gasteiger partial charge in [0.2, 0.25) is 0 Å². The Morgan fingerprint density at radius 1 is 0.966 bits per heavy atom. The number of nitrogens with one attached hydrogen (secondary N) is 1. The summed E-state index contributed by atoms with van der Waals surface area (Å²) in [6.45, 7) is 5.06. The maximum Gasteiger partial charge on any atom is 0.251 e. The predicted octanol–water partition coefficient (Wildman–Crippen LogP) is 3.97. The summed E-state index contributed by atoms with van der Waals surface area (Å²) < 4.78 is 11.8. The number of rotatable bonds is 8. The van der Waals surface area contributed by atoms with Crippen molar-refractivity contribution in [2.45, 2.75) is 13.8 Å². The van der Waals surface area contributed by atoms with Gasteiger partial charge in [0.05, 0.1) is 18.9 Å². The van der Waals surface area contributed by atoms with E-state index in [1.54, 1.807) is 18.8 Å². The fourth-order valence-electron chi connectivity index (χ4n) is 2.97. The van der Waals surface area contributed by atoms with Crippen molar-refractivity contribution in [3.8, 4) is 22.4 Å². The molecule has 1 heterocycles. The van der Waals surface area contributed by atoms with E-state index in [0.29, 0.717) is 19.0 Å². The Labute approximate surface area is 171 Å². The monoisotopic (exact) mass is 393 g/mol. The number of benzene rings is 2. The fraction of sp³-hybridized carbons (Fsp3) is 0.304. The number of nitrogens with zero attached hydrogens (tertiary/aromatic N) is 2. The van der Waals surface area contributed by atoms with Crippen molar-refractivity contribution in [2.24, 2.45) is 7.05 Å². The molecule has 1 aromatic heterocycles. The van der Waals surface area contributed by atoms with Crippen molar-refractivity contribution in [1.29, 1.82) is 0 Å². The number of carbonyl (C=O) groups is 1. The zero-order valence-corrected chi connectivity index (χ0v) is 17.4. The van der Waals surface area contributed by atoms with Crippen LogP contribution in [0.4, 0.5) is 5.82 Å². The number of ether oxygens (including phenoxy) is 2. The summed E-state index contributed by atoms with van der Waals surface area (Å²) in [6.07, 6.45) is 0. The first kappa shape index (κ1) is 20.8.